The van der Waals surface area contributed by atoms with E-state index in [4.69, 9.17) is 4.74 Å². The van der Waals surface area contributed by atoms with Gasteiger partial charge >= 0.3 is 12.5 Å². The Morgan fingerprint density at radius 1 is 0.644 bits per heavy atom. The minimum atomic E-state index is -5.08. The first-order valence-corrected chi connectivity index (χ1v) is 17.2. The fourth-order valence-corrected chi connectivity index (χ4v) is 8.35. The summed E-state index contributed by atoms with van der Waals surface area (Å²) in [7, 11) is 0. The van der Waals surface area contributed by atoms with Gasteiger partial charge < -0.3 is 9.47 Å². The summed E-state index contributed by atoms with van der Waals surface area (Å²) in [5.74, 6) is -0.907. The summed E-state index contributed by atoms with van der Waals surface area (Å²) in [6.07, 6.45) is 8.66. The number of halogens is 6. The van der Waals surface area contributed by atoms with Gasteiger partial charge in [-0.3, -0.25) is 0 Å². The second-order valence-corrected chi connectivity index (χ2v) is 13.9. The summed E-state index contributed by atoms with van der Waals surface area (Å²) in [6, 6.07) is 11.5. The van der Waals surface area contributed by atoms with Crippen molar-refractivity contribution < 1.29 is 35.8 Å². The molecule has 45 heavy (non-hydrogen) atoms. The monoisotopic (exact) mass is 638 g/mol. The molecular weight excluding hydrogens is 590 g/mol. The molecule has 0 bridgehead atoms. The zero-order chi connectivity index (χ0) is 32.0. The van der Waals surface area contributed by atoms with Crippen LogP contribution in [0, 0.1) is 29.5 Å². The SMILES string of the molecule is CCCCCC1CCC(c2ccc(C3CCC(C4CCC(C(F)(F)Oc5ccc(OC(F)(F)F)c(F)c5)CC4)CC3)cc2)CC1. The molecule has 0 heterocycles. The lowest BCUT2D eigenvalue weighted by molar-refractivity contribution is -0.275. The van der Waals surface area contributed by atoms with Crippen molar-refractivity contribution in [2.45, 2.75) is 134 Å². The Balaban J connectivity index is 1.04. The van der Waals surface area contributed by atoms with Crippen LogP contribution in [0.2, 0.25) is 0 Å². The molecule has 3 aliphatic carbocycles. The van der Waals surface area contributed by atoms with E-state index in [9.17, 15) is 26.3 Å². The van der Waals surface area contributed by atoms with E-state index in [-0.39, 0.29) is 0 Å². The lowest BCUT2D eigenvalue weighted by Crippen LogP contribution is -2.38. The standard InChI is InChI=1S/C37H48F6O2/c1-2-3-4-5-25-6-8-26(9-7-25)27-10-12-28(13-11-27)29-14-16-30(17-15-29)31-18-20-32(21-19-31)36(39,40)44-33-22-23-35(34(38)24-33)45-37(41,42)43/h10-13,22-26,29-32H,2-9,14-21H2,1H3. The smallest absolute Gasteiger partial charge is 0.432 e. The van der Waals surface area contributed by atoms with E-state index >= 15 is 0 Å². The van der Waals surface area contributed by atoms with Gasteiger partial charge in [0, 0.05) is 6.07 Å². The number of rotatable bonds is 11. The third-order valence-corrected chi connectivity index (χ3v) is 11.0. The Kier molecular flexibility index (Phi) is 11.3. The molecule has 250 valence electrons. The summed E-state index contributed by atoms with van der Waals surface area (Å²) in [6.45, 7) is 2.27. The first kappa shape index (κ1) is 34.0. The summed E-state index contributed by atoms with van der Waals surface area (Å²) in [5, 5.41) is 0. The summed E-state index contributed by atoms with van der Waals surface area (Å²) >= 11 is 0. The second-order valence-electron chi connectivity index (χ2n) is 13.9. The highest BCUT2D eigenvalue weighted by Crippen LogP contribution is 2.47. The van der Waals surface area contributed by atoms with Crippen molar-refractivity contribution in [3.05, 3.63) is 59.4 Å². The van der Waals surface area contributed by atoms with Gasteiger partial charge in [0.15, 0.2) is 11.6 Å². The maximum absolute atomic E-state index is 15.0. The number of benzene rings is 2. The van der Waals surface area contributed by atoms with Gasteiger partial charge in [-0.05, 0) is 130 Å². The Labute approximate surface area is 264 Å². The zero-order valence-corrected chi connectivity index (χ0v) is 26.4. The number of hydrogen-bond acceptors (Lipinski definition) is 2. The van der Waals surface area contributed by atoms with E-state index in [0.717, 1.165) is 37.7 Å². The number of alkyl halides is 5. The fraction of sp³-hybridized carbons (Fsp3) is 0.676. The first-order chi connectivity index (χ1) is 21.5. The average molecular weight is 639 g/mol. The van der Waals surface area contributed by atoms with Gasteiger partial charge in [-0.1, -0.05) is 56.9 Å². The summed E-state index contributed by atoms with van der Waals surface area (Å²) < 4.78 is 89.4. The molecule has 0 atom stereocenters. The minimum Gasteiger partial charge on any atom is -0.432 e. The Morgan fingerprint density at radius 2 is 1.18 bits per heavy atom. The van der Waals surface area contributed by atoms with Gasteiger partial charge in [0.2, 0.25) is 0 Å². The molecular formula is C37H48F6O2. The van der Waals surface area contributed by atoms with Crippen molar-refractivity contribution in [3.8, 4) is 11.5 Å². The van der Waals surface area contributed by atoms with E-state index < -0.39 is 35.7 Å². The second kappa shape index (κ2) is 15.0. The van der Waals surface area contributed by atoms with E-state index in [2.05, 4.69) is 35.9 Å². The van der Waals surface area contributed by atoms with Crippen LogP contribution in [0.15, 0.2) is 42.5 Å². The van der Waals surface area contributed by atoms with E-state index in [1.54, 1.807) is 0 Å². The number of unbranched alkanes of at least 4 members (excludes halogenated alkanes) is 2. The van der Waals surface area contributed by atoms with E-state index in [1.165, 1.54) is 62.5 Å². The molecule has 3 fully saturated rings. The van der Waals surface area contributed by atoms with Gasteiger partial charge in [-0.25, -0.2) is 4.39 Å². The third-order valence-electron chi connectivity index (χ3n) is 11.0. The van der Waals surface area contributed by atoms with Crippen molar-refractivity contribution in [3.63, 3.8) is 0 Å². The predicted octanol–water partition coefficient (Wildman–Crippen LogP) is 12.3. The van der Waals surface area contributed by atoms with Crippen molar-refractivity contribution in [1.82, 2.24) is 0 Å². The molecule has 0 radical (unpaired) electrons. The molecule has 0 amide bonds. The van der Waals surface area contributed by atoms with Crippen LogP contribution in [0.3, 0.4) is 0 Å². The summed E-state index contributed by atoms with van der Waals surface area (Å²) in [5.41, 5.74) is 2.93. The van der Waals surface area contributed by atoms with Crippen LogP contribution in [0.5, 0.6) is 11.5 Å². The average Bonchev–Trinajstić information content (AvgIpc) is 3.02. The minimum absolute atomic E-state index is 0.303. The Hall–Kier alpha value is -2.38. The molecule has 3 aliphatic rings. The molecule has 0 aromatic heterocycles. The largest absolute Gasteiger partial charge is 0.573 e. The van der Waals surface area contributed by atoms with Crippen LogP contribution in [0.25, 0.3) is 0 Å². The van der Waals surface area contributed by atoms with Crippen LogP contribution in [0.1, 0.15) is 133 Å². The molecule has 2 nitrogen and oxygen atoms in total. The molecule has 8 heteroatoms. The lowest BCUT2D eigenvalue weighted by atomic mass is 9.68. The number of hydrogen-bond donors (Lipinski definition) is 0. The van der Waals surface area contributed by atoms with E-state index in [0.29, 0.717) is 61.5 Å². The van der Waals surface area contributed by atoms with Crippen LogP contribution < -0.4 is 9.47 Å². The van der Waals surface area contributed by atoms with Crippen molar-refractivity contribution in [2.24, 2.45) is 23.7 Å². The van der Waals surface area contributed by atoms with Gasteiger partial charge in [-0.15, -0.1) is 13.2 Å². The maximum Gasteiger partial charge on any atom is 0.573 e. The molecule has 5 rings (SSSR count). The third kappa shape index (κ3) is 9.34. The highest BCUT2D eigenvalue weighted by molar-refractivity contribution is 5.33. The van der Waals surface area contributed by atoms with Gasteiger partial charge in [0.1, 0.15) is 5.75 Å². The maximum atomic E-state index is 15.0. The van der Waals surface area contributed by atoms with Crippen molar-refractivity contribution >= 4 is 0 Å². The highest BCUT2D eigenvalue weighted by Gasteiger charge is 2.45. The van der Waals surface area contributed by atoms with E-state index in [1.807, 2.05) is 0 Å². The topological polar surface area (TPSA) is 18.5 Å². The van der Waals surface area contributed by atoms with Crippen LogP contribution in [-0.4, -0.2) is 12.5 Å². The Morgan fingerprint density at radius 3 is 1.69 bits per heavy atom. The molecule has 0 N–H and O–H groups in total. The highest BCUT2D eigenvalue weighted by atomic mass is 19.4. The molecule has 3 saturated carbocycles. The molecule has 2 aromatic carbocycles. The molecule has 2 aromatic rings. The van der Waals surface area contributed by atoms with Gasteiger partial charge in [-0.2, -0.15) is 8.78 Å². The zero-order valence-electron chi connectivity index (χ0n) is 26.4. The van der Waals surface area contributed by atoms with Crippen molar-refractivity contribution in [2.75, 3.05) is 0 Å². The van der Waals surface area contributed by atoms with Crippen molar-refractivity contribution in [1.29, 1.82) is 0 Å². The normalized spacial score (nSPS) is 28.1. The molecule has 0 aliphatic heterocycles. The van der Waals surface area contributed by atoms with Crippen LogP contribution in [0.4, 0.5) is 26.3 Å². The first-order valence-electron chi connectivity index (χ1n) is 17.2. The number of ether oxygens (including phenoxy) is 2. The van der Waals surface area contributed by atoms with Crippen LogP contribution >= 0.6 is 0 Å². The lowest BCUT2D eigenvalue weighted by Gasteiger charge is -2.39. The molecule has 0 spiro atoms. The molecule has 0 saturated heterocycles. The predicted molar refractivity (Wildman–Crippen MR) is 164 cm³/mol. The molecule has 0 unspecified atom stereocenters. The van der Waals surface area contributed by atoms with Crippen LogP contribution in [-0.2, 0) is 0 Å². The quantitative estimate of drug-likeness (QED) is 0.180. The van der Waals surface area contributed by atoms with Gasteiger partial charge in [0.05, 0.1) is 5.92 Å². The summed E-state index contributed by atoms with van der Waals surface area (Å²) in [4.78, 5) is 0. The van der Waals surface area contributed by atoms with Gasteiger partial charge in [0.25, 0.3) is 0 Å². The Bertz CT molecular complexity index is 1190. The fourth-order valence-electron chi connectivity index (χ4n) is 8.35.